The molecule has 1 saturated carbocycles. The molecule has 0 spiro atoms. The SMILES string of the molecule is CC1CCC(C#N)(C(O)c2ccc(Cl)cc2Br)C1. The Bertz CT molecular complexity index is 499. The van der Waals surface area contributed by atoms with Crippen molar-refractivity contribution in [3.8, 4) is 6.07 Å². The van der Waals surface area contributed by atoms with Crippen LogP contribution in [0, 0.1) is 22.7 Å². The summed E-state index contributed by atoms with van der Waals surface area (Å²) in [5.74, 6) is 0.491. The van der Waals surface area contributed by atoms with Crippen LogP contribution < -0.4 is 0 Å². The highest BCUT2D eigenvalue weighted by Crippen LogP contribution is 2.50. The first kappa shape index (κ1) is 13.9. The second-order valence-electron chi connectivity index (χ2n) is 5.18. The van der Waals surface area contributed by atoms with Gasteiger partial charge in [-0.1, -0.05) is 40.5 Å². The second kappa shape index (κ2) is 5.21. The van der Waals surface area contributed by atoms with E-state index in [1.54, 1.807) is 18.2 Å². The monoisotopic (exact) mass is 327 g/mol. The highest BCUT2D eigenvalue weighted by atomic mass is 79.9. The average Bonchev–Trinajstić information content (AvgIpc) is 2.71. The Morgan fingerprint density at radius 3 is 2.83 bits per heavy atom. The lowest BCUT2D eigenvalue weighted by Crippen LogP contribution is -2.24. The zero-order chi connectivity index (χ0) is 13.3. The summed E-state index contributed by atoms with van der Waals surface area (Å²) in [6.07, 6.45) is 1.73. The van der Waals surface area contributed by atoms with Crippen LogP contribution in [0.3, 0.4) is 0 Å². The van der Waals surface area contributed by atoms with Crippen molar-refractivity contribution in [2.75, 3.05) is 0 Å². The Kier molecular flexibility index (Phi) is 4.01. The molecule has 1 aromatic rings. The third-order valence-electron chi connectivity index (χ3n) is 3.80. The van der Waals surface area contributed by atoms with Gasteiger partial charge in [-0.15, -0.1) is 0 Å². The maximum absolute atomic E-state index is 10.6. The van der Waals surface area contributed by atoms with Crippen molar-refractivity contribution in [1.29, 1.82) is 5.26 Å². The molecule has 3 atom stereocenters. The zero-order valence-electron chi connectivity index (χ0n) is 10.2. The molecule has 1 aliphatic rings. The molecule has 2 rings (SSSR count). The van der Waals surface area contributed by atoms with E-state index in [9.17, 15) is 10.4 Å². The smallest absolute Gasteiger partial charge is 0.0987 e. The molecular weight excluding hydrogens is 314 g/mol. The van der Waals surface area contributed by atoms with E-state index < -0.39 is 11.5 Å². The Morgan fingerprint density at radius 2 is 2.33 bits per heavy atom. The molecule has 0 amide bonds. The van der Waals surface area contributed by atoms with Gasteiger partial charge in [0.1, 0.15) is 0 Å². The third kappa shape index (κ3) is 2.42. The Morgan fingerprint density at radius 1 is 1.61 bits per heavy atom. The van der Waals surface area contributed by atoms with E-state index in [4.69, 9.17) is 11.6 Å². The fourth-order valence-electron chi connectivity index (χ4n) is 2.76. The van der Waals surface area contributed by atoms with Gasteiger partial charge in [0.2, 0.25) is 0 Å². The maximum Gasteiger partial charge on any atom is 0.0987 e. The summed E-state index contributed by atoms with van der Waals surface area (Å²) in [7, 11) is 0. The van der Waals surface area contributed by atoms with Gasteiger partial charge in [0.05, 0.1) is 17.6 Å². The molecule has 96 valence electrons. The molecule has 1 fully saturated rings. The Labute approximate surface area is 121 Å². The molecule has 0 aliphatic heterocycles. The van der Waals surface area contributed by atoms with Crippen molar-refractivity contribution in [3.63, 3.8) is 0 Å². The quantitative estimate of drug-likeness (QED) is 0.870. The van der Waals surface area contributed by atoms with Crippen LogP contribution in [0.4, 0.5) is 0 Å². The lowest BCUT2D eigenvalue weighted by atomic mass is 9.78. The molecule has 0 aromatic heterocycles. The van der Waals surface area contributed by atoms with Gasteiger partial charge < -0.3 is 5.11 Å². The minimum atomic E-state index is -0.765. The van der Waals surface area contributed by atoms with Crippen LogP contribution in [0.5, 0.6) is 0 Å². The van der Waals surface area contributed by atoms with Crippen LogP contribution >= 0.6 is 27.5 Å². The fraction of sp³-hybridized carbons (Fsp3) is 0.500. The predicted molar refractivity (Wildman–Crippen MR) is 75.2 cm³/mol. The predicted octanol–water partition coefficient (Wildman–Crippen LogP) is 4.47. The van der Waals surface area contributed by atoms with Crippen molar-refractivity contribution in [2.45, 2.75) is 32.3 Å². The van der Waals surface area contributed by atoms with Crippen LogP contribution in [0.2, 0.25) is 5.02 Å². The van der Waals surface area contributed by atoms with E-state index >= 15 is 0 Å². The summed E-state index contributed by atoms with van der Waals surface area (Å²) in [4.78, 5) is 0. The summed E-state index contributed by atoms with van der Waals surface area (Å²) in [6, 6.07) is 7.63. The largest absolute Gasteiger partial charge is 0.387 e. The molecule has 0 saturated heterocycles. The number of halogens is 2. The second-order valence-corrected chi connectivity index (χ2v) is 6.48. The van der Waals surface area contributed by atoms with Gasteiger partial charge >= 0.3 is 0 Å². The molecule has 1 aliphatic carbocycles. The Balaban J connectivity index is 2.36. The first-order valence-electron chi connectivity index (χ1n) is 6.03. The number of rotatable bonds is 2. The highest BCUT2D eigenvalue weighted by Gasteiger charge is 2.45. The van der Waals surface area contributed by atoms with E-state index in [1.165, 1.54) is 0 Å². The minimum Gasteiger partial charge on any atom is -0.387 e. The van der Waals surface area contributed by atoms with Crippen molar-refractivity contribution >= 4 is 27.5 Å². The Hall–Kier alpha value is -0.560. The minimum absolute atomic E-state index is 0.491. The van der Waals surface area contributed by atoms with Crippen molar-refractivity contribution in [1.82, 2.24) is 0 Å². The van der Waals surface area contributed by atoms with Crippen LogP contribution in [0.1, 0.15) is 37.9 Å². The molecule has 3 unspecified atom stereocenters. The van der Waals surface area contributed by atoms with Gasteiger partial charge in [-0.25, -0.2) is 0 Å². The summed E-state index contributed by atoms with van der Waals surface area (Å²) < 4.78 is 0.761. The van der Waals surface area contributed by atoms with Crippen LogP contribution in [0.25, 0.3) is 0 Å². The van der Waals surface area contributed by atoms with Crippen molar-refractivity contribution in [3.05, 3.63) is 33.3 Å². The molecule has 4 heteroatoms. The summed E-state index contributed by atoms with van der Waals surface area (Å²) in [6.45, 7) is 2.13. The van der Waals surface area contributed by atoms with Crippen LogP contribution in [-0.2, 0) is 0 Å². The topological polar surface area (TPSA) is 44.0 Å². The number of hydrogen-bond donors (Lipinski definition) is 1. The van der Waals surface area contributed by atoms with Gasteiger partial charge in [-0.3, -0.25) is 0 Å². The molecule has 0 bridgehead atoms. The van der Waals surface area contributed by atoms with Gasteiger partial charge in [-0.05, 0) is 42.9 Å². The average molecular weight is 329 g/mol. The molecule has 0 heterocycles. The first-order valence-corrected chi connectivity index (χ1v) is 7.20. The van der Waals surface area contributed by atoms with E-state index in [0.29, 0.717) is 10.9 Å². The highest BCUT2D eigenvalue weighted by molar-refractivity contribution is 9.10. The maximum atomic E-state index is 10.6. The van der Waals surface area contributed by atoms with Crippen LogP contribution in [-0.4, -0.2) is 5.11 Å². The van der Waals surface area contributed by atoms with E-state index in [2.05, 4.69) is 28.9 Å². The third-order valence-corrected chi connectivity index (χ3v) is 4.72. The standard InChI is InChI=1S/C14H15BrClNO/c1-9-4-5-14(7-9,8-17)13(18)11-3-2-10(16)6-12(11)15/h2-3,6,9,13,18H,4-5,7H2,1H3. The van der Waals surface area contributed by atoms with E-state index in [0.717, 1.165) is 29.3 Å². The van der Waals surface area contributed by atoms with Gasteiger partial charge in [0.25, 0.3) is 0 Å². The lowest BCUT2D eigenvalue weighted by molar-refractivity contribution is 0.0641. The molecule has 1 N–H and O–H groups in total. The number of nitrogens with zero attached hydrogens (tertiary/aromatic N) is 1. The van der Waals surface area contributed by atoms with E-state index in [-0.39, 0.29) is 0 Å². The van der Waals surface area contributed by atoms with Crippen molar-refractivity contribution < 1.29 is 5.11 Å². The van der Waals surface area contributed by atoms with Gasteiger partial charge in [0.15, 0.2) is 0 Å². The summed E-state index contributed by atoms with van der Waals surface area (Å²) >= 11 is 9.31. The lowest BCUT2D eigenvalue weighted by Gasteiger charge is -2.28. The summed E-state index contributed by atoms with van der Waals surface area (Å²) in [5, 5.41) is 20.6. The molecule has 2 nitrogen and oxygen atoms in total. The molecule has 1 aromatic carbocycles. The molecule has 18 heavy (non-hydrogen) atoms. The number of aliphatic hydroxyl groups is 1. The van der Waals surface area contributed by atoms with Gasteiger partial charge in [0, 0.05) is 9.50 Å². The van der Waals surface area contributed by atoms with E-state index in [1.807, 2.05) is 0 Å². The number of hydrogen-bond acceptors (Lipinski definition) is 2. The molecular formula is C14H15BrClNO. The summed E-state index contributed by atoms with van der Waals surface area (Å²) in [5.41, 5.74) is 0.0884. The van der Waals surface area contributed by atoms with Gasteiger partial charge in [-0.2, -0.15) is 5.26 Å². The molecule has 0 radical (unpaired) electrons. The fourth-order valence-corrected chi connectivity index (χ4v) is 3.66. The van der Waals surface area contributed by atoms with Crippen LogP contribution in [0.15, 0.2) is 22.7 Å². The first-order chi connectivity index (χ1) is 8.48. The normalized spacial score (nSPS) is 28.9. The number of aliphatic hydroxyl groups excluding tert-OH is 1. The zero-order valence-corrected chi connectivity index (χ0v) is 12.5. The number of benzene rings is 1. The number of nitriles is 1. The van der Waals surface area contributed by atoms with Crippen molar-refractivity contribution in [2.24, 2.45) is 11.3 Å².